The number of anilines is 1. The summed E-state index contributed by atoms with van der Waals surface area (Å²) >= 11 is 0. The van der Waals surface area contributed by atoms with Gasteiger partial charge in [-0.1, -0.05) is 30.3 Å². The molecule has 0 saturated heterocycles. The molecule has 8 nitrogen and oxygen atoms in total. The largest absolute Gasteiger partial charge is 0.494 e. The highest BCUT2D eigenvalue weighted by atomic mass is 17.2. The smallest absolute Gasteiger partial charge is 0.240 e. The predicted molar refractivity (Wildman–Crippen MR) is 136 cm³/mol. The summed E-state index contributed by atoms with van der Waals surface area (Å²) in [6.45, 7) is 0.685. The van der Waals surface area contributed by atoms with Gasteiger partial charge in [-0.2, -0.15) is 4.89 Å². The molecule has 5 rings (SSSR count). The maximum atomic E-state index is 12.4. The minimum Gasteiger partial charge on any atom is -0.494 e. The highest BCUT2D eigenvalue weighted by Gasteiger charge is 2.23. The number of carbonyl (C=O) groups is 1. The fourth-order valence-corrected chi connectivity index (χ4v) is 4.10. The Hall–Kier alpha value is -4.14. The number of aromatic amines is 1. The number of rotatable bonds is 6. The van der Waals surface area contributed by atoms with E-state index in [1.54, 1.807) is 11.9 Å². The summed E-state index contributed by atoms with van der Waals surface area (Å²) in [5, 5.41) is 11.7. The van der Waals surface area contributed by atoms with Gasteiger partial charge in [0.05, 0.1) is 23.5 Å². The number of H-pyrrole nitrogens is 1. The molecule has 1 aliphatic heterocycles. The summed E-state index contributed by atoms with van der Waals surface area (Å²) in [5.41, 5.74) is 5.18. The van der Waals surface area contributed by atoms with Crippen molar-refractivity contribution < 1.29 is 19.7 Å². The average Bonchev–Trinajstić information content (AvgIpc) is 3.43. The lowest BCUT2D eigenvalue weighted by molar-refractivity contribution is -0.194. The van der Waals surface area contributed by atoms with Crippen molar-refractivity contribution in [2.75, 3.05) is 32.6 Å². The SMILES string of the molecule is CN(C)CC(=O)N(C)c1ccc(N=C(c2ccccc2)c2c(O)[nH]c3cc4c(cc23)OOC4)cc1. The lowest BCUT2D eigenvalue weighted by atomic mass is 10.00. The lowest BCUT2D eigenvalue weighted by Gasteiger charge is -2.19. The Morgan fingerprint density at radius 3 is 2.51 bits per heavy atom. The number of carbonyl (C=O) groups excluding carboxylic acids is 1. The molecule has 35 heavy (non-hydrogen) atoms. The first kappa shape index (κ1) is 22.6. The third kappa shape index (κ3) is 4.49. The summed E-state index contributed by atoms with van der Waals surface area (Å²) < 4.78 is 0. The van der Waals surface area contributed by atoms with Crippen molar-refractivity contribution in [1.82, 2.24) is 9.88 Å². The van der Waals surface area contributed by atoms with Crippen LogP contribution in [0.1, 0.15) is 16.7 Å². The van der Waals surface area contributed by atoms with E-state index in [1.807, 2.05) is 85.7 Å². The number of aromatic hydroxyl groups is 1. The van der Waals surface area contributed by atoms with Gasteiger partial charge in [-0.3, -0.25) is 4.79 Å². The van der Waals surface area contributed by atoms with E-state index in [4.69, 9.17) is 14.8 Å². The first-order valence-corrected chi connectivity index (χ1v) is 11.2. The number of hydrogen-bond acceptors (Lipinski definition) is 6. The number of likely N-dealkylation sites (N-methyl/N-ethyl adjacent to an activating group) is 2. The standard InChI is InChI=1S/C27H26N4O4/c1-30(2)15-24(32)31(3)20-11-9-19(10-12-20)28-26(17-7-5-4-6-8-17)25-21-14-23-18(16-34-35-23)13-22(21)29-27(25)33/h4-14,29,33H,15-16H2,1-3H3. The molecule has 0 aliphatic carbocycles. The van der Waals surface area contributed by atoms with E-state index >= 15 is 0 Å². The maximum Gasteiger partial charge on any atom is 0.240 e. The fraction of sp³-hybridized carbons (Fsp3) is 0.185. The van der Waals surface area contributed by atoms with Crippen molar-refractivity contribution in [2.45, 2.75) is 6.61 Å². The Kier molecular flexibility index (Phi) is 5.98. The Bertz CT molecular complexity index is 1410. The zero-order chi connectivity index (χ0) is 24.5. The second-order valence-corrected chi connectivity index (χ2v) is 8.73. The molecule has 0 fully saturated rings. The van der Waals surface area contributed by atoms with Gasteiger partial charge in [0.15, 0.2) is 11.6 Å². The highest BCUT2D eigenvalue weighted by Crippen LogP contribution is 2.37. The van der Waals surface area contributed by atoms with Gasteiger partial charge >= 0.3 is 0 Å². The maximum absolute atomic E-state index is 12.4. The zero-order valence-corrected chi connectivity index (χ0v) is 19.8. The molecule has 0 radical (unpaired) electrons. The molecule has 4 aromatic rings. The molecule has 0 bridgehead atoms. The van der Waals surface area contributed by atoms with E-state index in [-0.39, 0.29) is 11.8 Å². The Labute approximate surface area is 203 Å². The summed E-state index contributed by atoms with van der Waals surface area (Å²) in [7, 11) is 5.48. The Morgan fingerprint density at radius 1 is 1.06 bits per heavy atom. The van der Waals surface area contributed by atoms with E-state index in [2.05, 4.69) is 4.98 Å². The van der Waals surface area contributed by atoms with E-state index in [9.17, 15) is 9.90 Å². The van der Waals surface area contributed by atoms with Crippen LogP contribution in [-0.2, 0) is 16.3 Å². The molecule has 0 saturated carbocycles. The summed E-state index contributed by atoms with van der Waals surface area (Å²) in [4.78, 5) is 34.2. The van der Waals surface area contributed by atoms with Crippen LogP contribution in [-0.4, -0.2) is 54.3 Å². The third-order valence-electron chi connectivity index (χ3n) is 5.91. The van der Waals surface area contributed by atoms with Gasteiger partial charge in [0.2, 0.25) is 5.91 Å². The predicted octanol–water partition coefficient (Wildman–Crippen LogP) is 4.39. The molecule has 2 N–H and O–H groups in total. The van der Waals surface area contributed by atoms with Gasteiger partial charge in [0.25, 0.3) is 0 Å². The van der Waals surface area contributed by atoms with Crippen LogP contribution in [0.15, 0.2) is 71.7 Å². The van der Waals surface area contributed by atoms with E-state index < -0.39 is 0 Å². The summed E-state index contributed by atoms with van der Waals surface area (Å²) in [6, 6.07) is 20.9. The molecule has 0 atom stereocenters. The topological polar surface area (TPSA) is 90.4 Å². The molecular weight excluding hydrogens is 444 g/mol. The number of nitrogens with one attached hydrogen (secondary N) is 1. The van der Waals surface area contributed by atoms with Gasteiger partial charge in [-0.05, 0) is 50.5 Å². The molecule has 178 valence electrons. The van der Waals surface area contributed by atoms with Crippen molar-refractivity contribution in [2.24, 2.45) is 4.99 Å². The van der Waals surface area contributed by atoms with Crippen LogP contribution in [0.5, 0.6) is 11.6 Å². The molecule has 8 heteroatoms. The van der Waals surface area contributed by atoms with Gasteiger partial charge in [0.1, 0.15) is 6.61 Å². The van der Waals surface area contributed by atoms with Crippen LogP contribution >= 0.6 is 0 Å². The molecule has 0 spiro atoms. The second-order valence-electron chi connectivity index (χ2n) is 8.73. The first-order chi connectivity index (χ1) is 16.9. The van der Waals surface area contributed by atoms with Crippen LogP contribution in [0.2, 0.25) is 0 Å². The molecule has 0 unspecified atom stereocenters. The number of aromatic nitrogens is 1. The quantitative estimate of drug-likeness (QED) is 0.322. The van der Waals surface area contributed by atoms with E-state index in [0.717, 1.165) is 27.7 Å². The van der Waals surface area contributed by atoms with Crippen LogP contribution in [0.3, 0.4) is 0 Å². The monoisotopic (exact) mass is 470 g/mol. The van der Waals surface area contributed by atoms with E-state index in [0.29, 0.717) is 35.9 Å². The van der Waals surface area contributed by atoms with Crippen molar-refractivity contribution >= 4 is 33.9 Å². The summed E-state index contributed by atoms with van der Waals surface area (Å²) in [5.74, 6) is 0.649. The Balaban J connectivity index is 1.57. The first-order valence-electron chi connectivity index (χ1n) is 11.2. The molecule has 1 aliphatic rings. The zero-order valence-electron chi connectivity index (χ0n) is 19.8. The third-order valence-corrected chi connectivity index (χ3v) is 5.91. The van der Waals surface area contributed by atoms with E-state index in [1.165, 1.54) is 0 Å². The van der Waals surface area contributed by atoms with Crippen molar-refractivity contribution in [3.63, 3.8) is 0 Å². The molecule has 1 amide bonds. The number of benzene rings is 3. The van der Waals surface area contributed by atoms with Gasteiger partial charge in [-0.25, -0.2) is 4.99 Å². The Morgan fingerprint density at radius 2 is 1.80 bits per heavy atom. The average molecular weight is 471 g/mol. The molecule has 3 aromatic carbocycles. The number of nitrogens with zero attached hydrogens (tertiary/aromatic N) is 3. The normalized spacial score (nSPS) is 13.2. The molecular formula is C27H26N4O4. The van der Waals surface area contributed by atoms with Crippen molar-refractivity contribution in [1.29, 1.82) is 0 Å². The van der Waals surface area contributed by atoms with Gasteiger partial charge < -0.3 is 24.8 Å². The lowest BCUT2D eigenvalue weighted by Crippen LogP contribution is -2.34. The highest BCUT2D eigenvalue weighted by molar-refractivity contribution is 6.22. The fourth-order valence-electron chi connectivity index (χ4n) is 4.10. The number of aliphatic imine (C=N–C) groups is 1. The number of fused-ring (bicyclic) bond motifs is 2. The van der Waals surface area contributed by atoms with Gasteiger partial charge in [-0.15, -0.1) is 0 Å². The van der Waals surface area contributed by atoms with Gasteiger partial charge in [0, 0.05) is 34.8 Å². The molecule has 2 heterocycles. The number of amides is 1. The minimum absolute atomic E-state index is 0.00123. The molecule has 1 aromatic heterocycles. The van der Waals surface area contributed by atoms with Crippen molar-refractivity contribution in [3.8, 4) is 11.6 Å². The van der Waals surface area contributed by atoms with Crippen LogP contribution in [0.4, 0.5) is 11.4 Å². The minimum atomic E-state index is -0.00123. The van der Waals surface area contributed by atoms with Crippen LogP contribution in [0, 0.1) is 0 Å². The van der Waals surface area contributed by atoms with Crippen LogP contribution in [0.25, 0.3) is 10.9 Å². The summed E-state index contributed by atoms with van der Waals surface area (Å²) in [6.07, 6.45) is 0. The number of hydrogen-bond donors (Lipinski definition) is 2. The van der Waals surface area contributed by atoms with Crippen molar-refractivity contribution in [3.05, 3.63) is 83.4 Å². The second kappa shape index (κ2) is 9.25. The van der Waals surface area contributed by atoms with Crippen LogP contribution < -0.4 is 9.79 Å².